The average Bonchev–Trinajstić information content (AvgIpc) is 1.76. The molecule has 0 saturated heterocycles. The first-order valence-electron chi connectivity index (χ1n) is 46.3. The van der Waals surface area contributed by atoms with Gasteiger partial charge in [-0.05, 0) is 144 Å². The number of hydrogen-bond acceptors (Lipinski definition) is 30. The van der Waals surface area contributed by atoms with Crippen molar-refractivity contribution >= 4 is 258 Å². The molecule has 0 fully saturated rings. The largest absolute Gasteiger partial charge is 0.486 e. The van der Waals surface area contributed by atoms with Gasteiger partial charge in [-0.25, -0.2) is 0 Å². The van der Waals surface area contributed by atoms with E-state index in [0.29, 0.717) is 53.5 Å². The summed E-state index contributed by atoms with van der Waals surface area (Å²) >= 11 is 7.50. The predicted molar refractivity (Wildman–Crippen MR) is 658 cm³/mol. The maximum absolute atomic E-state index is 12.2. The third-order valence-corrected chi connectivity index (χ3v) is 36.7. The number of terminal acetylenes is 1. The number of Topliss-reactive ketones (excluding diaryl/α,β-unsaturated/α-hetero) is 5. The average molecular weight is 2260 g/mol. The summed E-state index contributed by atoms with van der Waals surface area (Å²) < 4.78 is 21.9. The third-order valence-electron chi connectivity index (χ3n) is 18.3. The Labute approximate surface area is 928 Å². The Balaban J connectivity index is 0.000000812. The van der Waals surface area contributed by atoms with Crippen molar-refractivity contribution in [1.82, 2.24) is 0 Å². The first-order valence-corrected chi connectivity index (χ1v) is 64.9. The van der Waals surface area contributed by atoms with E-state index in [9.17, 15) is 43.2 Å². The number of ether oxygens (including phenoxy) is 4. The monoisotopic (exact) mass is 2260 g/mol. The standard InChI is InChI=1S/C19H20O2S.C16H18O2S2.C15H16O2S2.C15H16OS2.C10H18O2S2.C10H16O2S2.C10H18OS2.C9H12OS2.C9H18S2/c1-19(2,3)16-11-9-15(10-12-16)18(21)22-13-17(20)14-7-5-4-6-8-14;1-11-9-14(20-19-11)12-5-7-13(8-6-12)18-10-15(17)16(2,3)4;1-10-9-13(19-18-10)11-5-7-12(8-6-11)17-14(16)15(2,3)4;1-10-9-13(18-17-10)11-5-7-12(8-6-11)14(16)15(2,3)4;2*1-5-7-13-14-8-6-12-9(11)10(2,3)4;1-5-7-12-13-8-6-9(11)10(2,3)4;1-9(2,3)8(10)6-4-5-7(11)12-6;1-5-7-10-11-8-6-9(2,3)4/h4-12H,13H2,1-3H3;5-9H,1,10H2,2-4H3;5-9H,1H2,2-4H3;5-9H,1H2,2-4H3;5H,1,6-8H2,2-4H3;1H,6-8H2,2-4H3;5H,1,6-8H2,2-4H3;4H,5H2,1-3H3;5H,1,6-8H2,2-4H3. The van der Waals surface area contributed by atoms with Crippen LogP contribution in [-0.4, -0.2) is 128 Å². The van der Waals surface area contributed by atoms with E-state index in [2.05, 4.69) is 105 Å². The lowest BCUT2D eigenvalue weighted by atomic mass is 9.86. The molecule has 0 bridgehead atoms. The van der Waals surface area contributed by atoms with Crippen LogP contribution in [0.15, 0.2) is 229 Å². The Bertz CT molecular complexity index is 5120. The molecule has 143 heavy (non-hydrogen) atoms. The molecule has 4 aliphatic heterocycles. The maximum atomic E-state index is 12.2. The highest BCUT2D eigenvalue weighted by molar-refractivity contribution is 8.83. The van der Waals surface area contributed by atoms with Crippen LogP contribution in [0.25, 0.3) is 14.7 Å². The second kappa shape index (κ2) is 69.4. The van der Waals surface area contributed by atoms with Crippen LogP contribution in [0.4, 0.5) is 0 Å². The third kappa shape index (κ3) is 62.4. The topological polar surface area (TPSA) is 191 Å². The molecule has 0 aliphatic carbocycles. The number of allylic oxidation sites excluding steroid dienone is 5. The number of ketones is 5. The molecule has 0 saturated carbocycles. The van der Waals surface area contributed by atoms with E-state index in [1.807, 2.05) is 307 Å². The molecular weight excluding hydrogens is 2110 g/mol. The van der Waals surface area contributed by atoms with Gasteiger partial charge in [0.05, 0.1) is 36.9 Å². The minimum absolute atomic E-state index is 0.0229. The van der Waals surface area contributed by atoms with Crippen LogP contribution in [0.2, 0.25) is 0 Å². The Morgan fingerprint density at radius 2 is 0.811 bits per heavy atom. The van der Waals surface area contributed by atoms with Crippen LogP contribution in [0.1, 0.15) is 260 Å². The highest BCUT2D eigenvalue weighted by atomic mass is 33.1. The van der Waals surface area contributed by atoms with E-state index in [0.717, 1.165) is 105 Å². The molecule has 0 radical (unpaired) electrons. The van der Waals surface area contributed by atoms with Gasteiger partial charge in [-0.1, -0.05) is 465 Å². The summed E-state index contributed by atoms with van der Waals surface area (Å²) in [6.07, 6.45) is 21.7. The number of carbonyl (C=O) groups is 9. The van der Waals surface area contributed by atoms with Crippen molar-refractivity contribution in [1.29, 1.82) is 0 Å². The van der Waals surface area contributed by atoms with Crippen molar-refractivity contribution in [2.45, 2.75) is 212 Å². The minimum atomic E-state index is -0.489. The van der Waals surface area contributed by atoms with E-state index in [1.165, 1.54) is 44.2 Å². The zero-order valence-electron chi connectivity index (χ0n) is 88.8. The van der Waals surface area contributed by atoms with Crippen molar-refractivity contribution < 1.29 is 62.1 Å². The van der Waals surface area contributed by atoms with Gasteiger partial charge in [0, 0.05) is 121 Å². The second-order valence-electron chi connectivity index (χ2n) is 41.2. The molecule has 9 rings (SSSR count). The number of thiocarbonyl (C=S) groups is 1. The Hall–Kier alpha value is -5.02. The lowest BCUT2D eigenvalue weighted by molar-refractivity contribution is -0.152. The van der Waals surface area contributed by atoms with Gasteiger partial charge in [-0.2, -0.15) is 0 Å². The number of carbonyl (C=O) groups excluding carboxylic acids is 9. The molecule has 0 aromatic heterocycles. The number of benzene rings is 5. The van der Waals surface area contributed by atoms with Crippen LogP contribution in [0.5, 0.6) is 11.5 Å². The zero-order valence-corrected chi connectivity index (χ0v) is 103. The number of thioether (sulfide) groups is 2. The van der Waals surface area contributed by atoms with Crippen LogP contribution in [0, 0.1) is 55.7 Å². The van der Waals surface area contributed by atoms with Crippen molar-refractivity contribution in [3.63, 3.8) is 0 Å². The minimum Gasteiger partial charge on any atom is -0.486 e. The molecule has 784 valence electrons. The van der Waals surface area contributed by atoms with Crippen molar-refractivity contribution in [2.24, 2.45) is 43.3 Å². The molecule has 0 amide bonds. The SMILES string of the molecule is C#CCSSCCOC(=O)C(C)(C)C.C=C1C=C(c2ccc(C(=O)C(C)(C)C)cc2)SS1.C=C1C=C(c2ccc(OC(=O)C(C)(C)C)cc2)SS1.C=C1C=C(c2ccc(OCC(=O)C(C)(C)C)cc2)SS1.C=CCSSCCC(=O)C(C)(C)C.C=CCSSCCC(C)(C)C.C=CCSSCCOC(=O)C(C)(C)C.CC(C)(C)C(=O)C1=CCC(=S)S1.CC(C)(C)c1ccc(C(=O)SCC(=O)c2ccccc2)cc1. The van der Waals surface area contributed by atoms with Gasteiger partial charge in [0.15, 0.2) is 23.1 Å². The lowest BCUT2D eigenvalue weighted by Gasteiger charge is -2.18. The van der Waals surface area contributed by atoms with E-state index >= 15 is 0 Å². The summed E-state index contributed by atoms with van der Waals surface area (Å²) in [4.78, 5) is 113. The zero-order chi connectivity index (χ0) is 109. The van der Waals surface area contributed by atoms with E-state index < -0.39 is 10.8 Å². The van der Waals surface area contributed by atoms with Crippen molar-refractivity contribution in [2.75, 3.05) is 71.6 Å². The van der Waals surface area contributed by atoms with Crippen LogP contribution < -0.4 is 9.47 Å². The molecule has 4 heterocycles. The fraction of sp³-hybridized carbons (Fsp3) is 0.451. The van der Waals surface area contributed by atoms with Crippen molar-refractivity contribution in [3.8, 4) is 23.8 Å². The summed E-state index contributed by atoms with van der Waals surface area (Å²) in [5.74, 6) is 11.7. The normalized spacial score (nSPS) is 13.4. The smallest absolute Gasteiger partial charge is 0.316 e. The first-order chi connectivity index (χ1) is 66.4. The fourth-order valence-electron chi connectivity index (χ4n) is 9.67. The molecule has 0 atom stereocenters. The maximum Gasteiger partial charge on any atom is 0.316 e. The molecule has 5 aromatic carbocycles. The summed E-state index contributed by atoms with van der Waals surface area (Å²) in [7, 11) is 24.1. The fourth-order valence-corrected chi connectivity index (χ4v) is 24.8. The molecule has 13 nitrogen and oxygen atoms in total. The summed E-state index contributed by atoms with van der Waals surface area (Å²) in [5, 5.41) is -0.0651. The first kappa shape index (κ1) is 136. The summed E-state index contributed by atoms with van der Waals surface area (Å²) in [6, 6.07) is 39.9. The highest BCUT2D eigenvalue weighted by Gasteiger charge is 2.31. The molecule has 4 aliphatic rings. The Morgan fingerprint density at radius 3 is 1.17 bits per heavy atom. The van der Waals surface area contributed by atoms with Gasteiger partial charge >= 0.3 is 17.9 Å². The van der Waals surface area contributed by atoms with E-state index in [1.54, 1.807) is 142 Å². The van der Waals surface area contributed by atoms with Crippen LogP contribution >= 0.6 is 187 Å². The van der Waals surface area contributed by atoms with Crippen molar-refractivity contribution in [3.05, 3.63) is 268 Å². The second-order valence-corrected chi connectivity index (χ2v) is 61.4. The van der Waals surface area contributed by atoms with Gasteiger partial charge in [0.2, 0.25) is 5.12 Å². The van der Waals surface area contributed by atoms with Gasteiger partial charge in [-0.15, -0.1) is 26.2 Å². The Morgan fingerprint density at radius 1 is 0.420 bits per heavy atom. The summed E-state index contributed by atoms with van der Waals surface area (Å²) in [5.41, 5.74) is 4.80. The predicted octanol–water partition coefficient (Wildman–Crippen LogP) is 36.0. The number of esters is 3. The lowest BCUT2D eigenvalue weighted by Crippen LogP contribution is -2.26. The van der Waals surface area contributed by atoms with Gasteiger partial charge in [-0.3, -0.25) is 43.2 Å². The molecule has 5 aromatic rings. The molecule has 0 spiro atoms. The molecule has 0 N–H and O–H groups in total. The molecule has 0 unspecified atom stereocenters. The van der Waals surface area contributed by atoms with E-state index in [4.69, 9.17) is 37.6 Å². The number of rotatable bonds is 35. The highest BCUT2D eigenvalue weighted by Crippen LogP contribution is 2.51. The van der Waals surface area contributed by atoms with Gasteiger partial charge < -0.3 is 18.9 Å². The molecule has 30 heteroatoms. The van der Waals surface area contributed by atoms with Crippen LogP contribution in [0.3, 0.4) is 0 Å². The Kier molecular flexibility index (Phi) is 66.0. The summed E-state index contributed by atoms with van der Waals surface area (Å²) in [6.45, 7) is 76.8. The molecular formula is C113H152O13S17. The number of hydrogen-bond donors (Lipinski definition) is 0. The van der Waals surface area contributed by atoms with Gasteiger partial charge in [0.1, 0.15) is 37.1 Å². The van der Waals surface area contributed by atoms with Crippen LogP contribution in [-0.2, 0) is 43.7 Å². The quantitative estimate of drug-likeness (QED) is 0.00543. The van der Waals surface area contributed by atoms with E-state index in [-0.39, 0.29) is 91.0 Å². The van der Waals surface area contributed by atoms with Gasteiger partial charge in [0.25, 0.3) is 0 Å².